The first kappa shape index (κ1) is 14.0. The molecule has 2 aromatic carbocycles. The highest BCUT2D eigenvalue weighted by molar-refractivity contribution is 5.82. The molecule has 0 saturated heterocycles. The van der Waals surface area contributed by atoms with Gasteiger partial charge in [0.2, 0.25) is 0 Å². The number of rotatable bonds is 6. The Bertz CT molecular complexity index is 521. The summed E-state index contributed by atoms with van der Waals surface area (Å²) >= 11 is 0. The minimum Gasteiger partial charge on any atom is -0.330 e. The number of nitrogens with two attached hydrogens (primary N) is 1. The van der Waals surface area contributed by atoms with Crippen molar-refractivity contribution in [2.75, 3.05) is 20.1 Å². The van der Waals surface area contributed by atoms with E-state index in [0.717, 1.165) is 19.6 Å². The predicted molar refractivity (Wildman–Crippen MR) is 83.1 cm³/mol. The van der Waals surface area contributed by atoms with Crippen molar-refractivity contribution in [1.82, 2.24) is 4.90 Å². The lowest BCUT2D eigenvalue weighted by Crippen LogP contribution is -2.23. The Morgan fingerprint density at radius 1 is 1.11 bits per heavy atom. The van der Waals surface area contributed by atoms with Crippen molar-refractivity contribution >= 4 is 10.8 Å². The van der Waals surface area contributed by atoms with E-state index in [2.05, 4.69) is 61.3 Å². The third-order valence-corrected chi connectivity index (χ3v) is 3.67. The van der Waals surface area contributed by atoms with Crippen molar-refractivity contribution in [2.24, 2.45) is 11.7 Å². The lowest BCUT2D eigenvalue weighted by Gasteiger charge is -2.19. The molecule has 0 spiro atoms. The molecule has 102 valence electrons. The first-order chi connectivity index (χ1) is 9.19. The van der Waals surface area contributed by atoms with E-state index < -0.39 is 0 Å². The fraction of sp³-hybridized carbons (Fsp3) is 0.412. The minimum atomic E-state index is 0.610. The number of hydrogen-bond donors (Lipinski definition) is 1. The van der Waals surface area contributed by atoms with Gasteiger partial charge in [0.05, 0.1) is 0 Å². The van der Waals surface area contributed by atoms with Crippen LogP contribution in [0.5, 0.6) is 0 Å². The zero-order valence-corrected chi connectivity index (χ0v) is 12.0. The second-order valence-electron chi connectivity index (χ2n) is 5.55. The molecule has 0 aliphatic heterocycles. The van der Waals surface area contributed by atoms with Gasteiger partial charge in [-0.3, -0.25) is 0 Å². The molecule has 2 rings (SSSR count). The summed E-state index contributed by atoms with van der Waals surface area (Å²) < 4.78 is 0. The van der Waals surface area contributed by atoms with E-state index in [1.165, 1.54) is 22.8 Å². The number of fused-ring (bicyclic) bond motifs is 1. The van der Waals surface area contributed by atoms with E-state index in [0.29, 0.717) is 5.92 Å². The molecule has 1 atom stereocenters. The van der Waals surface area contributed by atoms with Gasteiger partial charge >= 0.3 is 0 Å². The highest BCUT2D eigenvalue weighted by Gasteiger charge is 2.04. The monoisotopic (exact) mass is 256 g/mol. The summed E-state index contributed by atoms with van der Waals surface area (Å²) in [5.74, 6) is 0.610. The minimum absolute atomic E-state index is 0.610. The summed E-state index contributed by atoms with van der Waals surface area (Å²) in [5.41, 5.74) is 7.03. The third-order valence-electron chi connectivity index (χ3n) is 3.67. The largest absolute Gasteiger partial charge is 0.330 e. The van der Waals surface area contributed by atoms with Gasteiger partial charge in [0.25, 0.3) is 0 Å². The predicted octanol–water partition coefficient (Wildman–Crippen LogP) is 3.26. The van der Waals surface area contributed by atoms with Gasteiger partial charge in [-0.25, -0.2) is 0 Å². The molecule has 0 aromatic heterocycles. The molecule has 2 aromatic rings. The van der Waals surface area contributed by atoms with E-state index >= 15 is 0 Å². The highest BCUT2D eigenvalue weighted by atomic mass is 15.1. The van der Waals surface area contributed by atoms with Crippen LogP contribution in [-0.4, -0.2) is 25.0 Å². The molecule has 0 amide bonds. The van der Waals surface area contributed by atoms with Crippen LogP contribution >= 0.6 is 0 Å². The second-order valence-corrected chi connectivity index (χ2v) is 5.55. The van der Waals surface area contributed by atoms with Crippen LogP contribution in [0.1, 0.15) is 18.9 Å². The van der Waals surface area contributed by atoms with Crippen LogP contribution in [0.3, 0.4) is 0 Å². The molecule has 0 radical (unpaired) electrons. The third kappa shape index (κ3) is 4.05. The van der Waals surface area contributed by atoms with E-state index in [9.17, 15) is 0 Å². The molecular weight excluding hydrogens is 232 g/mol. The van der Waals surface area contributed by atoms with Crippen molar-refractivity contribution < 1.29 is 0 Å². The van der Waals surface area contributed by atoms with Crippen LogP contribution in [0, 0.1) is 5.92 Å². The topological polar surface area (TPSA) is 29.3 Å². The van der Waals surface area contributed by atoms with E-state index in [-0.39, 0.29) is 0 Å². The van der Waals surface area contributed by atoms with Gasteiger partial charge in [0.15, 0.2) is 0 Å². The Morgan fingerprint density at radius 3 is 2.58 bits per heavy atom. The van der Waals surface area contributed by atoms with Crippen LogP contribution in [0.4, 0.5) is 0 Å². The van der Waals surface area contributed by atoms with Gasteiger partial charge in [-0.1, -0.05) is 43.3 Å². The standard InChI is InChI=1S/C17H24N2/c1-14(12-18)9-10-19(2)13-15-7-8-16-5-3-4-6-17(16)11-15/h3-8,11,14H,9-10,12-13,18H2,1-2H3. The molecule has 0 bridgehead atoms. The molecular formula is C17H24N2. The van der Waals surface area contributed by atoms with Crippen LogP contribution in [0.25, 0.3) is 10.8 Å². The summed E-state index contributed by atoms with van der Waals surface area (Å²) in [4.78, 5) is 2.37. The summed E-state index contributed by atoms with van der Waals surface area (Å²) in [5, 5.41) is 2.63. The normalized spacial score (nSPS) is 13.1. The summed E-state index contributed by atoms with van der Waals surface area (Å²) in [6.07, 6.45) is 1.17. The van der Waals surface area contributed by atoms with E-state index in [1.54, 1.807) is 0 Å². The smallest absolute Gasteiger partial charge is 0.0230 e. The quantitative estimate of drug-likeness (QED) is 0.859. The van der Waals surface area contributed by atoms with E-state index in [4.69, 9.17) is 5.73 Å². The van der Waals surface area contributed by atoms with Crippen molar-refractivity contribution in [1.29, 1.82) is 0 Å². The van der Waals surface area contributed by atoms with Gasteiger partial charge in [-0.15, -0.1) is 0 Å². The van der Waals surface area contributed by atoms with E-state index in [1.807, 2.05) is 0 Å². The maximum atomic E-state index is 5.65. The van der Waals surface area contributed by atoms with Crippen molar-refractivity contribution in [2.45, 2.75) is 19.9 Å². The zero-order chi connectivity index (χ0) is 13.7. The first-order valence-electron chi connectivity index (χ1n) is 7.05. The molecule has 0 aliphatic rings. The lowest BCUT2D eigenvalue weighted by molar-refractivity contribution is 0.300. The van der Waals surface area contributed by atoms with Crippen molar-refractivity contribution in [3.63, 3.8) is 0 Å². The average Bonchev–Trinajstić information content (AvgIpc) is 2.44. The number of benzene rings is 2. The van der Waals surface area contributed by atoms with Gasteiger partial charge in [0, 0.05) is 6.54 Å². The molecule has 0 fully saturated rings. The van der Waals surface area contributed by atoms with Gasteiger partial charge in [-0.2, -0.15) is 0 Å². The maximum Gasteiger partial charge on any atom is 0.0230 e. The molecule has 0 saturated carbocycles. The molecule has 0 aliphatic carbocycles. The second kappa shape index (κ2) is 6.69. The van der Waals surface area contributed by atoms with Crippen LogP contribution in [0.2, 0.25) is 0 Å². The highest BCUT2D eigenvalue weighted by Crippen LogP contribution is 2.16. The van der Waals surface area contributed by atoms with Crippen LogP contribution < -0.4 is 5.73 Å². The van der Waals surface area contributed by atoms with Crippen LogP contribution in [-0.2, 0) is 6.54 Å². The summed E-state index contributed by atoms with van der Waals surface area (Å²) in [6.45, 7) is 5.10. The lowest BCUT2D eigenvalue weighted by atomic mass is 10.1. The SMILES string of the molecule is CC(CN)CCN(C)Cc1ccc2ccccc2c1. The molecule has 1 unspecified atom stereocenters. The Labute approximate surface area is 116 Å². The number of nitrogens with zero attached hydrogens (tertiary/aromatic N) is 1. The van der Waals surface area contributed by atoms with Gasteiger partial charge in [0.1, 0.15) is 0 Å². The molecule has 2 heteroatoms. The Balaban J connectivity index is 1.96. The first-order valence-corrected chi connectivity index (χ1v) is 7.05. The molecule has 2 nitrogen and oxygen atoms in total. The Hall–Kier alpha value is -1.38. The van der Waals surface area contributed by atoms with Crippen LogP contribution in [0.15, 0.2) is 42.5 Å². The van der Waals surface area contributed by atoms with Gasteiger partial charge < -0.3 is 10.6 Å². The summed E-state index contributed by atoms with van der Waals surface area (Å²) in [7, 11) is 2.18. The van der Waals surface area contributed by atoms with Gasteiger partial charge in [-0.05, 0) is 54.9 Å². The maximum absolute atomic E-state index is 5.65. The summed E-state index contributed by atoms with van der Waals surface area (Å²) in [6, 6.07) is 15.2. The zero-order valence-electron chi connectivity index (χ0n) is 12.0. The molecule has 19 heavy (non-hydrogen) atoms. The molecule has 2 N–H and O–H groups in total. The van der Waals surface area contributed by atoms with Crippen molar-refractivity contribution in [3.05, 3.63) is 48.0 Å². The molecule has 0 heterocycles. The fourth-order valence-electron chi connectivity index (χ4n) is 2.29. The Morgan fingerprint density at radius 2 is 1.84 bits per heavy atom. The fourth-order valence-corrected chi connectivity index (χ4v) is 2.29. The average molecular weight is 256 g/mol. The Kier molecular flexibility index (Phi) is 4.94. The van der Waals surface area contributed by atoms with Crippen molar-refractivity contribution in [3.8, 4) is 0 Å². The number of hydrogen-bond acceptors (Lipinski definition) is 2.